The number of imide groups is 1. The lowest BCUT2D eigenvalue weighted by atomic mass is 9.45. The third-order valence-corrected chi connectivity index (χ3v) is 10.6. The maximum Gasteiger partial charge on any atom is 0.333 e. The van der Waals surface area contributed by atoms with Gasteiger partial charge in [-0.3, -0.25) is 24.0 Å². The average Bonchev–Trinajstić information content (AvgIpc) is 3.36. The Morgan fingerprint density at radius 1 is 0.975 bits per heavy atom. The average molecular weight is 560 g/mol. The Balaban J connectivity index is 1.20. The van der Waals surface area contributed by atoms with Crippen LogP contribution in [0, 0.1) is 28.6 Å². The Kier molecular flexibility index (Phi) is 7.27. The van der Waals surface area contributed by atoms with Gasteiger partial charge in [-0.2, -0.15) is 0 Å². The molecule has 5 aliphatic rings. The minimum Gasteiger partial charge on any atom is -0.458 e. The van der Waals surface area contributed by atoms with Gasteiger partial charge in [-0.05, 0) is 67.8 Å². The molecule has 218 valence electrons. The van der Waals surface area contributed by atoms with Gasteiger partial charge < -0.3 is 19.8 Å². The van der Waals surface area contributed by atoms with Crippen LogP contribution in [-0.4, -0.2) is 68.9 Å². The Hall–Kier alpha value is -2.92. The molecule has 0 unspecified atom stereocenters. The van der Waals surface area contributed by atoms with Crippen molar-refractivity contribution in [3.05, 3.63) is 11.6 Å². The lowest BCUT2D eigenvalue weighted by Crippen LogP contribution is -2.62. The van der Waals surface area contributed by atoms with E-state index in [0.29, 0.717) is 24.3 Å². The molecule has 7 atom stereocenters. The molecule has 11 nitrogen and oxygen atoms in total. The van der Waals surface area contributed by atoms with Crippen LogP contribution in [0.5, 0.6) is 0 Å². The van der Waals surface area contributed by atoms with E-state index in [0.717, 1.165) is 18.4 Å². The summed E-state index contributed by atoms with van der Waals surface area (Å²) in [6, 6.07) is 0. The van der Waals surface area contributed by atoms with Crippen molar-refractivity contribution in [3.8, 4) is 0 Å². The van der Waals surface area contributed by atoms with Crippen LogP contribution < -0.4 is 0 Å². The molecule has 0 aromatic rings. The summed E-state index contributed by atoms with van der Waals surface area (Å²) < 4.78 is 5.09. The van der Waals surface area contributed by atoms with Crippen LogP contribution in [0.25, 0.3) is 0 Å². The van der Waals surface area contributed by atoms with Crippen molar-refractivity contribution in [2.75, 3.05) is 6.61 Å². The van der Waals surface area contributed by atoms with Crippen LogP contribution in [0.2, 0.25) is 0 Å². The number of allylic oxidation sites excluding steroid dienone is 1. The number of esters is 1. The third-order valence-electron chi connectivity index (χ3n) is 10.6. The van der Waals surface area contributed by atoms with Crippen molar-refractivity contribution < 1.29 is 48.6 Å². The number of nitrogens with zero attached hydrogens (tertiary/aromatic N) is 1. The van der Waals surface area contributed by atoms with Crippen LogP contribution in [0.15, 0.2) is 11.6 Å². The number of amides is 2. The Bertz CT molecular complexity index is 1180. The van der Waals surface area contributed by atoms with Gasteiger partial charge >= 0.3 is 11.9 Å². The molecule has 1 saturated heterocycles. The summed E-state index contributed by atoms with van der Waals surface area (Å²) in [7, 11) is 0. The topological polar surface area (TPSA) is 165 Å². The first-order chi connectivity index (χ1) is 18.8. The molecule has 40 heavy (non-hydrogen) atoms. The first kappa shape index (κ1) is 28.6. The molecule has 4 fully saturated rings. The molecule has 0 bridgehead atoms. The van der Waals surface area contributed by atoms with Crippen molar-refractivity contribution in [2.45, 2.75) is 96.2 Å². The first-order valence-corrected chi connectivity index (χ1v) is 14.2. The molecular formula is C29H37NO10. The van der Waals surface area contributed by atoms with E-state index in [-0.39, 0.29) is 54.6 Å². The van der Waals surface area contributed by atoms with Gasteiger partial charge in [-0.15, -0.1) is 5.06 Å². The van der Waals surface area contributed by atoms with Crippen LogP contribution in [-0.2, 0) is 38.3 Å². The van der Waals surface area contributed by atoms with Gasteiger partial charge in [0.05, 0.1) is 18.9 Å². The summed E-state index contributed by atoms with van der Waals surface area (Å²) in [6.45, 7) is 3.31. The third kappa shape index (κ3) is 4.51. The van der Waals surface area contributed by atoms with Gasteiger partial charge in [0.25, 0.3) is 11.8 Å². The number of hydrogen-bond acceptors (Lipinski definition) is 10. The predicted molar refractivity (Wildman–Crippen MR) is 135 cm³/mol. The number of rotatable bonds is 7. The van der Waals surface area contributed by atoms with E-state index in [9.17, 15) is 39.0 Å². The Morgan fingerprint density at radius 2 is 1.65 bits per heavy atom. The predicted octanol–water partition coefficient (Wildman–Crippen LogP) is 1.72. The highest BCUT2D eigenvalue weighted by atomic mass is 16.7. The zero-order chi connectivity index (χ0) is 29.0. The molecule has 0 aromatic heterocycles. The van der Waals surface area contributed by atoms with E-state index in [1.807, 2.05) is 6.92 Å². The molecule has 1 heterocycles. The molecule has 11 heteroatoms. The number of ether oxygens (including phenoxy) is 1. The maximum atomic E-state index is 13.3. The molecule has 0 spiro atoms. The van der Waals surface area contributed by atoms with Gasteiger partial charge in [-0.25, -0.2) is 4.79 Å². The second kappa shape index (κ2) is 10.2. The molecule has 2 amide bonds. The van der Waals surface area contributed by atoms with Gasteiger partial charge in [-0.1, -0.05) is 19.4 Å². The van der Waals surface area contributed by atoms with Gasteiger partial charge in [0.2, 0.25) is 5.78 Å². The van der Waals surface area contributed by atoms with Gasteiger partial charge in [0.1, 0.15) is 5.60 Å². The number of Topliss-reactive ketones (excluding diaryl/α,β-unsaturated/α-hetero) is 1. The second-order valence-corrected chi connectivity index (χ2v) is 12.6. The van der Waals surface area contributed by atoms with Crippen LogP contribution in [0.1, 0.15) is 84.5 Å². The minimum absolute atomic E-state index is 0.00710. The van der Waals surface area contributed by atoms with E-state index in [2.05, 4.69) is 6.92 Å². The normalized spacial score (nSPS) is 38.8. The standard InChI is InChI=1S/C29H37NO10/c1-27-11-9-17(31)13-16(27)3-4-18-19-10-12-29(38,28(19,2)14-20(32)26(18)27)21(33)15-39-24(36)7-8-25(37)40-30-22(34)5-6-23(30)35/h13,18-20,26,32,38H,3-12,14-15H2,1-2H3/t18-,19-,20-,26-,27+,28+,29+/m1/s1. The Labute approximate surface area is 232 Å². The second-order valence-electron chi connectivity index (χ2n) is 12.6. The fourth-order valence-corrected chi connectivity index (χ4v) is 8.50. The van der Waals surface area contributed by atoms with Crippen molar-refractivity contribution in [3.63, 3.8) is 0 Å². The quantitative estimate of drug-likeness (QED) is 0.347. The maximum absolute atomic E-state index is 13.3. The number of aliphatic hydroxyl groups excluding tert-OH is 1. The summed E-state index contributed by atoms with van der Waals surface area (Å²) in [6.07, 6.45) is 3.74. The molecular weight excluding hydrogens is 522 g/mol. The number of aliphatic hydroxyl groups is 2. The summed E-state index contributed by atoms with van der Waals surface area (Å²) in [5, 5.41) is 23.6. The summed E-state index contributed by atoms with van der Waals surface area (Å²) in [4.78, 5) is 77.4. The monoisotopic (exact) mass is 559 g/mol. The van der Waals surface area contributed by atoms with Crippen molar-refractivity contribution in [1.29, 1.82) is 0 Å². The fraction of sp³-hybridized carbons (Fsp3) is 0.724. The number of carbonyl (C=O) groups excluding carboxylic acids is 6. The number of hydrogen-bond donors (Lipinski definition) is 2. The van der Waals surface area contributed by atoms with E-state index < -0.39 is 66.1 Å². The minimum atomic E-state index is -1.78. The lowest BCUT2D eigenvalue weighted by molar-refractivity contribution is -0.197. The highest BCUT2D eigenvalue weighted by Gasteiger charge is 2.68. The number of fused-ring (bicyclic) bond motifs is 5. The van der Waals surface area contributed by atoms with Gasteiger partial charge in [0.15, 0.2) is 12.4 Å². The molecule has 2 N–H and O–H groups in total. The number of hydroxylamine groups is 2. The summed E-state index contributed by atoms with van der Waals surface area (Å²) >= 11 is 0. The zero-order valence-corrected chi connectivity index (χ0v) is 23.0. The van der Waals surface area contributed by atoms with Crippen molar-refractivity contribution in [2.24, 2.45) is 28.6 Å². The molecule has 0 aromatic carbocycles. The first-order valence-electron chi connectivity index (χ1n) is 14.2. The SMILES string of the molecule is C[C@]12CCC(=O)C=C1CC[C@H]1[C@@H]2[C@H](O)C[C@@]2(C)[C@@H]1CC[C@]2(O)C(=O)COC(=O)CCC(=O)ON1C(=O)CCC1=O. The largest absolute Gasteiger partial charge is 0.458 e. The molecule has 4 aliphatic carbocycles. The van der Waals surface area contributed by atoms with E-state index >= 15 is 0 Å². The van der Waals surface area contributed by atoms with Crippen LogP contribution in [0.4, 0.5) is 0 Å². The summed E-state index contributed by atoms with van der Waals surface area (Å²) in [5.41, 5.74) is -1.86. The van der Waals surface area contributed by atoms with Crippen molar-refractivity contribution in [1.82, 2.24) is 5.06 Å². The van der Waals surface area contributed by atoms with Crippen LogP contribution >= 0.6 is 0 Å². The van der Waals surface area contributed by atoms with E-state index in [1.165, 1.54) is 0 Å². The lowest BCUT2D eigenvalue weighted by Gasteiger charge is -2.60. The number of carbonyl (C=O) groups is 6. The van der Waals surface area contributed by atoms with Crippen LogP contribution in [0.3, 0.4) is 0 Å². The molecule has 1 aliphatic heterocycles. The highest BCUT2D eigenvalue weighted by molar-refractivity contribution is 6.01. The fourth-order valence-electron chi connectivity index (χ4n) is 8.50. The number of ketones is 2. The zero-order valence-electron chi connectivity index (χ0n) is 23.0. The smallest absolute Gasteiger partial charge is 0.333 e. The summed E-state index contributed by atoms with van der Waals surface area (Å²) in [5.74, 6) is -3.55. The highest BCUT2D eigenvalue weighted by Crippen LogP contribution is 2.67. The van der Waals surface area contributed by atoms with E-state index in [1.54, 1.807) is 6.08 Å². The molecule has 0 radical (unpaired) electrons. The van der Waals surface area contributed by atoms with Gasteiger partial charge in [0, 0.05) is 24.7 Å². The Morgan fingerprint density at radius 3 is 2.35 bits per heavy atom. The molecule has 5 rings (SSSR count). The van der Waals surface area contributed by atoms with Crippen molar-refractivity contribution >= 4 is 35.3 Å². The van der Waals surface area contributed by atoms with E-state index in [4.69, 9.17) is 9.57 Å². The molecule has 3 saturated carbocycles.